The highest BCUT2D eigenvalue weighted by molar-refractivity contribution is 5.98. The van der Waals surface area contributed by atoms with Crippen molar-refractivity contribution in [3.63, 3.8) is 0 Å². The molecule has 1 heterocycles. The topological polar surface area (TPSA) is 49.4 Å². The van der Waals surface area contributed by atoms with E-state index in [0.717, 1.165) is 16.7 Å². The maximum absolute atomic E-state index is 12.9. The molecule has 1 aliphatic rings. The Kier molecular flexibility index (Phi) is 4.15. The number of aryl methyl sites for hydroxylation is 2. The van der Waals surface area contributed by atoms with Crippen LogP contribution in [0.3, 0.4) is 0 Å². The summed E-state index contributed by atoms with van der Waals surface area (Å²) in [6.07, 6.45) is 0. The number of rotatable bonds is 2. The zero-order valence-electron chi connectivity index (χ0n) is 13.4. The lowest BCUT2D eigenvalue weighted by molar-refractivity contribution is -0.128. The van der Waals surface area contributed by atoms with Gasteiger partial charge in [0.1, 0.15) is 6.04 Å². The SMILES string of the molecule is Cc1cccc(C(=O)N2CCNC(=O)C2c2cccc(C)c2)c1. The largest absolute Gasteiger partial charge is 0.352 e. The van der Waals surface area contributed by atoms with Crippen molar-refractivity contribution in [3.05, 3.63) is 70.8 Å². The molecule has 0 aliphatic carbocycles. The molecule has 3 rings (SSSR count). The van der Waals surface area contributed by atoms with E-state index in [4.69, 9.17) is 0 Å². The molecule has 1 N–H and O–H groups in total. The van der Waals surface area contributed by atoms with E-state index in [1.165, 1.54) is 0 Å². The molecule has 23 heavy (non-hydrogen) atoms. The van der Waals surface area contributed by atoms with Gasteiger partial charge in [0, 0.05) is 18.7 Å². The number of carbonyl (C=O) groups excluding carboxylic acids is 2. The first-order valence-corrected chi connectivity index (χ1v) is 7.78. The molecule has 2 aromatic rings. The first kappa shape index (κ1) is 15.3. The van der Waals surface area contributed by atoms with Gasteiger partial charge in [-0.2, -0.15) is 0 Å². The predicted molar refractivity (Wildman–Crippen MR) is 89.1 cm³/mol. The predicted octanol–water partition coefficient (Wildman–Crippen LogP) is 2.62. The van der Waals surface area contributed by atoms with E-state index >= 15 is 0 Å². The Bertz CT molecular complexity index is 755. The van der Waals surface area contributed by atoms with Crippen LogP contribution in [0.15, 0.2) is 48.5 Å². The zero-order valence-corrected chi connectivity index (χ0v) is 13.4. The highest BCUT2D eigenvalue weighted by Crippen LogP contribution is 2.26. The molecule has 4 heteroatoms. The molecule has 0 aromatic heterocycles. The lowest BCUT2D eigenvalue weighted by atomic mass is 9.99. The molecule has 0 saturated carbocycles. The van der Waals surface area contributed by atoms with Gasteiger partial charge in [0.25, 0.3) is 5.91 Å². The second-order valence-corrected chi connectivity index (χ2v) is 5.98. The standard InChI is InChI=1S/C19H20N2O2/c1-13-5-3-7-15(11-13)17-18(22)20-9-10-21(17)19(23)16-8-4-6-14(2)12-16/h3-8,11-12,17H,9-10H2,1-2H3,(H,20,22). The molecular weight excluding hydrogens is 288 g/mol. The van der Waals surface area contributed by atoms with E-state index in [2.05, 4.69) is 5.32 Å². The third-order valence-corrected chi connectivity index (χ3v) is 4.10. The van der Waals surface area contributed by atoms with Crippen LogP contribution in [0.2, 0.25) is 0 Å². The van der Waals surface area contributed by atoms with E-state index in [-0.39, 0.29) is 11.8 Å². The molecule has 118 valence electrons. The summed E-state index contributed by atoms with van der Waals surface area (Å²) >= 11 is 0. The van der Waals surface area contributed by atoms with Crippen LogP contribution in [0.4, 0.5) is 0 Å². The van der Waals surface area contributed by atoms with Crippen molar-refractivity contribution in [2.45, 2.75) is 19.9 Å². The van der Waals surface area contributed by atoms with Gasteiger partial charge >= 0.3 is 0 Å². The number of nitrogens with one attached hydrogen (secondary N) is 1. The monoisotopic (exact) mass is 308 g/mol. The van der Waals surface area contributed by atoms with Crippen LogP contribution >= 0.6 is 0 Å². The summed E-state index contributed by atoms with van der Waals surface area (Å²) in [4.78, 5) is 27.0. The number of carbonyl (C=O) groups is 2. The molecule has 4 nitrogen and oxygen atoms in total. The molecule has 1 saturated heterocycles. The second kappa shape index (κ2) is 6.24. The minimum Gasteiger partial charge on any atom is -0.352 e. The summed E-state index contributed by atoms with van der Waals surface area (Å²) in [7, 11) is 0. The normalized spacial score (nSPS) is 17.7. The lowest BCUT2D eigenvalue weighted by Gasteiger charge is -2.35. The van der Waals surface area contributed by atoms with Gasteiger partial charge in [0.05, 0.1) is 0 Å². The fourth-order valence-corrected chi connectivity index (χ4v) is 3.00. The summed E-state index contributed by atoms with van der Waals surface area (Å²) in [6, 6.07) is 14.7. The van der Waals surface area contributed by atoms with Crippen LogP contribution in [0.5, 0.6) is 0 Å². The number of benzene rings is 2. The van der Waals surface area contributed by atoms with Gasteiger partial charge in [-0.25, -0.2) is 0 Å². The molecule has 1 atom stereocenters. The van der Waals surface area contributed by atoms with E-state index in [9.17, 15) is 9.59 Å². The number of amides is 2. The van der Waals surface area contributed by atoms with Crippen LogP contribution in [0, 0.1) is 13.8 Å². The molecule has 2 aromatic carbocycles. The van der Waals surface area contributed by atoms with Gasteiger partial charge in [0.15, 0.2) is 0 Å². The molecular formula is C19H20N2O2. The summed E-state index contributed by atoms with van der Waals surface area (Å²) in [5.74, 6) is -0.224. The smallest absolute Gasteiger partial charge is 0.254 e. The summed E-state index contributed by atoms with van der Waals surface area (Å²) in [6.45, 7) is 4.94. The third kappa shape index (κ3) is 3.11. The van der Waals surface area contributed by atoms with E-state index < -0.39 is 6.04 Å². The molecule has 1 fully saturated rings. The summed E-state index contributed by atoms with van der Waals surface area (Å²) in [5.41, 5.74) is 3.58. The van der Waals surface area contributed by atoms with Crippen LogP contribution in [0.1, 0.15) is 33.1 Å². The third-order valence-electron chi connectivity index (χ3n) is 4.10. The van der Waals surface area contributed by atoms with E-state index in [1.807, 2.05) is 56.3 Å². The Morgan fingerprint density at radius 2 is 1.78 bits per heavy atom. The molecule has 0 bridgehead atoms. The minimum atomic E-state index is -0.573. The zero-order chi connectivity index (χ0) is 16.4. The van der Waals surface area contributed by atoms with Crippen molar-refractivity contribution >= 4 is 11.8 Å². The first-order valence-electron chi connectivity index (χ1n) is 7.78. The van der Waals surface area contributed by atoms with Crippen molar-refractivity contribution in [1.29, 1.82) is 0 Å². The van der Waals surface area contributed by atoms with Crippen molar-refractivity contribution < 1.29 is 9.59 Å². The summed E-state index contributed by atoms with van der Waals surface area (Å²) < 4.78 is 0. The maximum Gasteiger partial charge on any atom is 0.254 e. The fourth-order valence-electron chi connectivity index (χ4n) is 3.00. The first-order chi connectivity index (χ1) is 11.1. The molecule has 0 spiro atoms. The Labute approximate surface area is 136 Å². The Morgan fingerprint density at radius 1 is 1.09 bits per heavy atom. The average molecular weight is 308 g/mol. The van der Waals surface area contributed by atoms with Crippen LogP contribution < -0.4 is 5.32 Å². The highest BCUT2D eigenvalue weighted by Gasteiger charge is 2.34. The van der Waals surface area contributed by atoms with Gasteiger partial charge in [0.2, 0.25) is 5.91 Å². The van der Waals surface area contributed by atoms with Gasteiger partial charge < -0.3 is 10.2 Å². The molecule has 1 aliphatic heterocycles. The molecule has 0 radical (unpaired) electrons. The van der Waals surface area contributed by atoms with Gasteiger partial charge in [-0.15, -0.1) is 0 Å². The van der Waals surface area contributed by atoms with Crippen molar-refractivity contribution in [3.8, 4) is 0 Å². The summed E-state index contributed by atoms with van der Waals surface area (Å²) in [5, 5.41) is 2.86. The van der Waals surface area contributed by atoms with Gasteiger partial charge in [-0.3, -0.25) is 9.59 Å². The maximum atomic E-state index is 12.9. The fraction of sp³-hybridized carbons (Fsp3) is 0.263. The van der Waals surface area contributed by atoms with Crippen LogP contribution in [-0.2, 0) is 4.79 Å². The van der Waals surface area contributed by atoms with E-state index in [1.54, 1.807) is 11.0 Å². The average Bonchev–Trinajstić information content (AvgIpc) is 2.54. The minimum absolute atomic E-state index is 0.102. The van der Waals surface area contributed by atoms with E-state index in [0.29, 0.717) is 18.7 Å². The number of piperazine rings is 1. The van der Waals surface area contributed by atoms with Crippen molar-refractivity contribution in [1.82, 2.24) is 10.2 Å². The van der Waals surface area contributed by atoms with Crippen LogP contribution in [0.25, 0.3) is 0 Å². The highest BCUT2D eigenvalue weighted by atomic mass is 16.2. The van der Waals surface area contributed by atoms with Gasteiger partial charge in [-0.1, -0.05) is 47.5 Å². The lowest BCUT2D eigenvalue weighted by Crippen LogP contribution is -2.52. The van der Waals surface area contributed by atoms with Gasteiger partial charge in [-0.05, 0) is 31.5 Å². The Balaban J connectivity index is 1.98. The van der Waals surface area contributed by atoms with Crippen molar-refractivity contribution in [2.24, 2.45) is 0 Å². The number of nitrogens with zero attached hydrogens (tertiary/aromatic N) is 1. The Morgan fingerprint density at radius 3 is 2.48 bits per heavy atom. The quantitative estimate of drug-likeness (QED) is 0.927. The Hall–Kier alpha value is -2.62. The number of hydrogen-bond donors (Lipinski definition) is 1. The van der Waals surface area contributed by atoms with Crippen molar-refractivity contribution in [2.75, 3.05) is 13.1 Å². The second-order valence-electron chi connectivity index (χ2n) is 5.98. The number of hydrogen-bond acceptors (Lipinski definition) is 2. The van der Waals surface area contributed by atoms with Crippen LogP contribution in [-0.4, -0.2) is 29.8 Å². The molecule has 2 amide bonds. The molecule has 1 unspecified atom stereocenters.